The fourth-order valence-electron chi connectivity index (χ4n) is 2.79. The van der Waals surface area contributed by atoms with Crippen molar-refractivity contribution in [2.75, 3.05) is 6.54 Å². The van der Waals surface area contributed by atoms with Crippen LogP contribution in [0.4, 0.5) is 4.79 Å². The summed E-state index contributed by atoms with van der Waals surface area (Å²) in [5, 5.41) is 3.61. The van der Waals surface area contributed by atoms with Gasteiger partial charge in [-0.15, -0.1) is 0 Å². The molecule has 1 aromatic carbocycles. The summed E-state index contributed by atoms with van der Waals surface area (Å²) >= 11 is 3.32. The summed E-state index contributed by atoms with van der Waals surface area (Å²) < 4.78 is 10.1. The molecule has 1 N–H and O–H groups in total. The zero-order valence-electron chi connectivity index (χ0n) is 16.8. The van der Waals surface area contributed by atoms with Crippen LogP contribution in [0.5, 0.6) is 5.75 Å². The molecule has 0 aromatic heterocycles. The Morgan fingerprint density at radius 3 is 2.41 bits per heavy atom. The number of ether oxygens (including phenoxy) is 2. The van der Waals surface area contributed by atoms with Gasteiger partial charge in [-0.2, -0.15) is 0 Å². The van der Waals surface area contributed by atoms with E-state index >= 15 is 0 Å². The fraction of sp³-hybridized carbons (Fsp3) is 0.619. The van der Waals surface area contributed by atoms with Gasteiger partial charge in [0.15, 0.2) is 0 Å². The molecule has 0 aliphatic heterocycles. The molecule has 1 aliphatic carbocycles. The van der Waals surface area contributed by atoms with E-state index in [4.69, 9.17) is 9.47 Å². The Morgan fingerprint density at radius 2 is 1.85 bits per heavy atom. The molecule has 27 heavy (non-hydrogen) atoms. The van der Waals surface area contributed by atoms with Crippen molar-refractivity contribution in [2.24, 2.45) is 5.92 Å². The van der Waals surface area contributed by atoms with E-state index in [1.54, 1.807) is 6.07 Å². The maximum Gasteiger partial charge on any atom is 0.407 e. The second-order valence-electron chi connectivity index (χ2n) is 7.76. The highest BCUT2D eigenvalue weighted by Crippen LogP contribution is 2.22. The highest BCUT2D eigenvalue weighted by atomic mass is 79.9. The molecule has 0 radical (unpaired) electrons. The van der Waals surface area contributed by atoms with Crippen molar-refractivity contribution in [1.29, 1.82) is 0 Å². The quantitative estimate of drug-likeness (QED) is 0.375. The number of carbonyl (C=O) groups is 2. The molecular formula is C21H32BrNO4. The van der Waals surface area contributed by atoms with Gasteiger partial charge < -0.3 is 14.8 Å². The normalized spacial score (nSPS) is 14.6. The standard InChI is InChI=1S/C12H23NO2.C9H9BrO2/c1-12(2,3)15-11(14)13-9-10-7-5-4-6-8-10;1-7(11)12-9-4-2-3-8(5-9)6-10/h10H,4-9H2,1-3H3,(H,13,14);2-5H,6H2,1H3. The molecule has 0 bridgehead atoms. The number of benzene rings is 1. The highest BCUT2D eigenvalue weighted by Gasteiger charge is 2.18. The van der Waals surface area contributed by atoms with Gasteiger partial charge in [0, 0.05) is 18.8 Å². The number of esters is 1. The molecule has 1 fully saturated rings. The van der Waals surface area contributed by atoms with Gasteiger partial charge in [-0.05, 0) is 57.2 Å². The molecule has 0 spiro atoms. The number of nitrogens with one attached hydrogen (secondary N) is 1. The smallest absolute Gasteiger partial charge is 0.407 e. The third-order valence-electron chi connectivity index (χ3n) is 3.97. The van der Waals surface area contributed by atoms with E-state index in [-0.39, 0.29) is 12.1 Å². The molecule has 6 heteroatoms. The van der Waals surface area contributed by atoms with Crippen LogP contribution in [0.2, 0.25) is 0 Å². The fourth-order valence-corrected chi connectivity index (χ4v) is 3.14. The van der Waals surface area contributed by atoms with Crippen LogP contribution in [0.15, 0.2) is 24.3 Å². The number of alkyl carbamates (subject to hydrolysis) is 1. The maximum atomic E-state index is 11.4. The van der Waals surface area contributed by atoms with E-state index in [1.807, 2.05) is 39.0 Å². The first-order chi connectivity index (χ1) is 12.7. The molecule has 0 atom stereocenters. The second kappa shape index (κ2) is 12.0. The van der Waals surface area contributed by atoms with E-state index < -0.39 is 5.60 Å². The lowest BCUT2D eigenvalue weighted by Gasteiger charge is -2.24. The number of hydrogen-bond donors (Lipinski definition) is 1. The van der Waals surface area contributed by atoms with Gasteiger partial charge in [-0.1, -0.05) is 47.3 Å². The monoisotopic (exact) mass is 441 g/mol. The minimum atomic E-state index is -0.392. The van der Waals surface area contributed by atoms with Gasteiger partial charge in [-0.3, -0.25) is 4.79 Å². The first-order valence-electron chi connectivity index (χ1n) is 9.50. The van der Waals surface area contributed by atoms with Gasteiger partial charge in [0.05, 0.1) is 0 Å². The lowest BCUT2D eigenvalue weighted by Crippen LogP contribution is -2.35. The predicted octanol–water partition coefficient (Wildman–Crippen LogP) is 5.60. The lowest BCUT2D eigenvalue weighted by molar-refractivity contribution is -0.131. The number of alkyl halides is 1. The van der Waals surface area contributed by atoms with Crippen LogP contribution >= 0.6 is 15.9 Å². The molecule has 152 valence electrons. The van der Waals surface area contributed by atoms with Crippen molar-refractivity contribution in [1.82, 2.24) is 5.32 Å². The second-order valence-corrected chi connectivity index (χ2v) is 8.32. The minimum absolute atomic E-state index is 0.284. The summed E-state index contributed by atoms with van der Waals surface area (Å²) in [7, 11) is 0. The third-order valence-corrected chi connectivity index (χ3v) is 4.62. The van der Waals surface area contributed by atoms with E-state index in [0.29, 0.717) is 11.7 Å². The van der Waals surface area contributed by atoms with Gasteiger partial charge in [0.1, 0.15) is 11.4 Å². The molecule has 1 amide bonds. The molecular weight excluding hydrogens is 410 g/mol. The van der Waals surface area contributed by atoms with E-state index in [1.165, 1.54) is 39.0 Å². The van der Waals surface area contributed by atoms with Crippen LogP contribution < -0.4 is 10.1 Å². The summed E-state index contributed by atoms with van der Waals surface area (Å²) in [6.07, 6.45) is 6.17. The zero-order valence-corrected chi connectivity index (χ0v) is 18.4. The Labute approximate surface area is 171 Å². The molecule has 0 saturated heterocycles. The number of halogens is 1. The molecule has 2 rings (SSSR count). The topological polar surface area (TPSA) is 64.6 Å². The summed E-state index contributed by atoms with van der Waals surface area (Å²) in [5.74, 6) is 0.965. The number of hydrogen-bond acceptors (Lipinski definition) is 4. The van der Waals surface area contributed by atoms with Gasteiger partial charge in [-0.25, -0.2) is 4.79 Å². The molecule has 0 heterocycles. The average Bonchev–Trinajstić information content (AvgIpc) is 2.59. The SMILES string of the molecule is CC(=O)Oc1cccc(CBr)c1.CC(C)(C)OC(=O)NCC1CCCCC1. The van der Waals surface area contributed by atoms with E-state index in [2.05, 4.69) is 21.2 Å². The van der Waals surface area contributed by atoms with Crippen LogP contribution in [-0.4, -0.2) is 24.2 Å². The average molecular weight is 442 g/mol. The van der Waals surface area contributed by atoms with Crippen LogP contribution in [0.1, 0.15) is 65.4 Å². The zero-order chi connectivity index (χ0) is 20.3. The molecule has 0 unspecified atom stereocenters. The van der Waals surface area contributed by atoms with Gasteiger partial charge in [0.2, 0.25) is 0 Å². The first kappa shape index (κ1) is 23.5. The maximum absolute atomic E-state index is 11.4. The van der Waals surface area contributed by atoms with E-state index in [0.717, 1.165) is 17.4 Å². The van der Waals surface area contributed by atoms with Gasteiger partial charge in [0.25, 0.3) is 0 Å². The van der Waals surface area contributed by atoms with Crippen molar-refractivity contribution in [3.8, 4) is 5.75 Å². The number of amides is 1. The van der Waals surface area contributed by atoms with Crippen LogP contribution in [0.3, 0.4) is 0 Å². The first-order valence-corrected chi connectivity index (χ1v) is 10.6. The lowest BCUT2D eigenvalue weighted by atomic mass is 9.89. The summed E-state index contributed by atoms with van der Waals surface area (Å²) in [4.78, 5) is 21.9. The summed E-state index contributed by atoms with van der Waals surface area (Å²) in [5.41, 5.74) is 0.699. The number of carbonyl (C=O) groups excluding carboxylic acids is 2. The van der Waals surface area contributed by atoms with Crippen molar-refractivity contribution in [3.05, 3.63) is 29.8 Å². The predicted molar refractivity (Wildman–Crippen MR) is 111 cm³/mol. The van der Waals surface area contributed by atoms with Crippen molar-refractivity contribution in [3.63, 3.8) is 0 Å². The van der Waals surface area contributed by atoms with Crippen LogP contribution in [-0.2, 0) is 14.9 Å². The number of rotatable bonds is 4. The van der Waals surface area contributed by atoms with Gasteiger partial charge >= 0.3 is 12.1 Å². The molecule has 5 nitrogen and oxygen atoms in total. The highest BCUT2D eigenvalue weighted by molar-refractivity contribution is 9.08. The Kier molecular flexibility index (Phi) is 10.4. The van der Waals surface area contributed by atoms with E-state index in [9.17, 15) is 9.59 Å². The molecule has 1 aliphatic rings. The Bertz CT molecular complexity index is 592. The van der Waals surface area contributed by atoms with Crippen molar-refractivity contribution in [2.45, 2.75) is 70.7 Å². The summed E-state index contributed by atoms with van der Waals surface area (Å²) in [6.45, 7) is 7.81. The Hall–Kier alpha value is -1.56. The third kappa shape index (κ3) is 11.7. The molecule has 1 aromatic rings. The summed E-state index contributed by atoms with van der Waals surface area (Å²) in [6, 6.07) is 7.40. The van der Waals surface area contributed by atoms with Crippen molar-refractivity contribution < 1.29 is 19.1 Å². The minimum Gasteiger partial charge on any atom is -0.444 e. The van der Waals surface area contributed by atoms with Crippen LogP contribution in [0, 0.1) is 5.92 Å². The Balaban J connectivity index is 0.000000277. The van der Waals surface area contributed by atoms with Crippen LogP contribution in [0.25, 0.3) is 0 Å². The molecule has 1 saturated carbocycles. The van der Waals surface area contributed by atoms with Crippen molar-refractivity contribution >= 4 is 28.0 Å². The largest absolute Gasteiger partial charge is 0.444 e. The Morgan fingerprint density at radius 1 is 1.19 bits per heavy atom.